The van der Waals surface area contributed by atoms with Crippen molar-refractivity contribution in [2.24, 2.45) is 0 Å². The number of hydrogen-bond acceptors (Lipinski definition) is 1. The first-order chi connectivity index (χ1) is 25.0. The molecule has 0 saturated carbocycles. The van der Waals surface area contributed by atoms with Crippen LogP contribution in [0.15, 0.2) is 158 Å². The zero-order valence-corrected chi connectivity index (χ0v) is 31.5. The molecule has 0 saturated heterocycles. The molecule has 3 heterocycles. The molecule has 2 aliphatic heterocycles. The minimum Gasteiger partial charge on any atom is -0.359 e. The van der Waals surface area contributed by atoms with Gasteiger partial charge in [0, 0.05) is 5.69 Å². The van der Waals surface area contributed by atoms with Gasteiger partial charge in [-0.15, -0.1) is 11.0 Å². The Labute approximate surface area is 321 Å². The van der Waals surface area contributed by atoms with Crippen molar-refractivity contribution in [1.29, 1.82) is 0 Å². The molecule has 7 aromatic carbocycles. The van der Waals surface area contributed by atoms with Gasteiger partial charge in [-0.05, 0) is 35.7 Å². The van der Waals surface area contributed by atoms with Crippen LogP contribution >= 0.6 is 0 Å². The van der Waals surface area contributed by atoms with Crippen molar-refractivity contribution in [3.63, 3.8) is 0 Å². The van der Waals surface area contributed by atoms with E-state index in [4.69, 9.17) is 0 Å². The molecule has 0 unspecified atom stereocenters. The standard InChI is InChI=1S/C27H20BN.C20H15N2.Pt/c1-27(2)20-13-6-8-17-24(20)29-25-18-9-7-15-22(25)28(19-11-4-3-5-12-19)23-16-10-14-21(27)26(23)29;1-16-11-13-18(14-12-16)22-15-21(17-7-3-2-4-8-17)19-9-5-6-10-20(19)22;/h3-16H,1-2H3;2-7,9-14H,1H3;/q-2;-1;+4. The van der Waals surface area contributed by atoms with E-state index in [1.807, 2.05) is 36.4 Å². The van der Waals surface area contributed by atoms with Gasteiger partial charge in [0.1, 0.15) is 0 Å². The summed E-state index contributed by atoms with van der Waals surface area (Å²) in [5.41, 5.74) is 15.8. The van der Waals surface area contributed by atoms with E-state index in [9.17, 15) is 0 Å². The number of aromatic nitrogens is 2. The van der Waals surface area contributed by atoms with Crippen molar-refractivity contribution < 1.29 is 25.6 Å². The first kappa shape index (κ1) is 33.7. The Kier molecular flexibility index (Phi) is 8.81. The van der Waals surface area contributed by atoms with Gasteiger partial charge in [0.25, 0.3) is 6.33 Å². The van der Waals surface area contributed by atoms with Gasteiger partial charge in [0.2, 0.25) is 0 Å². The Bertz CT molecular complexity index is 2520. The summed E-state index contributed by atoms with van der Waals surface area (Å²) in [5, 5.41) is 0. The molecule has 5 heteroatoms. The molecule has 52 heavy (non-hydrogen) atoms. The summed E-state index contributed by atoms with van der Waals surface area (Å²) < 4.78 is 4.14. The fourth-order valence-corrected chi connectivity index (χ4v) is 7.83. The second-order valence-electron chi connectivity index (χ2n) is 13.8. The van der Waals surface area contributed by atoms with Gasteiger partial charge in [-0.25, -0.2) is 0 Å². The first-order valence-corrected chi connectivity index (χ1v) is 17.5. The average Bonchev–Trinajstić information content (AvgIpc) is 3.57. The zero-order chi connectivity index (χ0) is 34.5. The van der Waals surface area contributed by atoms with Crippen LogP contribution in [0.25, 0.3) is 22.4 Å². The van der Waals surface area contributed by atoms with Crippen molar-refractivity contribution >= 4 is 51.2 Å². The number of imidazole rings is 1. The van der Waals surface area contributed by atoms with Crippen molar-refractivity contribution in [3.8, 4) is 11.4 Å². The maximum absolute atomic E-state index is 3.57. The van der Waals surface area contributed by atoms with Crippen LogP contribution in [0.4, 0.5) is 17.1 Å². The van der Waals surface area contributed by atoms with E-state index in [-0.39, 0.29) is 33.2 Å². The molecule has 3 nitrogen and oxygen atoms in total. The summed E-state index contributed by atoms with van der Waals surface area (Å²) in [6.45, 7) is 6.96. The SMILES string of the molecule is CC1(C)c2ccc[c-]c2N2c3[c-]cccc3B(c3ccccc3)c3cccc1c32.Cc1ccc(-[n+]2[c-]n(-c3[c-]cccc3)c3ccccc32)cc1.[Pt+4]. The van der Waals surface area contributed by atoms with Crippen molar-refractivity contribution in [2.75, 3.05) is 4.90 Å². The maximum atomic E-state index is 3.57. The van der Waals surface area contributed by atoms with Crippen LogP contribution < -0.4 is 25.9 Å². The van der Waals surface area contributed by atoms with Crippen molar-refractivity contribution in [1.82, 2.24) is 4.57 Å². The van der Waals surface area contributed by atoms with Gasteiger partial charge in [-0.3, -0.25) is 4.57 Å². The molecule has 0 atom stereocenters. The van der Waals surface area contributed by atoms with Crippen LogP contribution in [0.5, 0.6) is 0 Å². The summed E-state index contributed by atoms with van der Waals surface area (Å²) >= 11 is 0. The van der Waals surface area contributed by atoms with Gasteiger partial charge < -0.3 is 9.47 Å². The van der Waals surface area contributed by atoms with E-state index in [1.54, 1.807) is 0 Å². The monoisotopic (exact) mass is 847 g/mol. The predicted octanol–water partition coefficient (Wildman–Crippen LogP) is 8.04. The number of benzene rings is 7. The minimum absolute atomic E-state index is 0. The van der Waals surface area contributed by atoms with Crippen LogP contribution in [0.3, 0.4) is 0 Å². The summed E-state index contributed by atoms with van der Waals surface area (Å²) in [6.07, 6.45) is 3.44. The normalized spacial score (nSPS) is 13.2. The number of aryl methyl sites for hydroxylation is 1. The van der Waals surface area contributed by atoms with E-state index in [0.29, 0.717) is 0 Å². The van der Waals surface area contributed by atoms with Gasteiger partial charge >= 0.3 is 21.1 Å². The van der Waals surface area contributed by atoms with Crippen LogP contribution in [-0.2, 0) is 26.5 Å². The van der Waals surface area contributed by atoms with Gasteiger partial charge in [-0.2, -0.15) is 78.9 Å². The molecule has 0 spiro atoms. The Morgan fingerprint density at radius 3 is 2.06 bits per heavy atom. The van der Waals surface area contributed by atoms with Gasteiger partial charge in [-0.1, -0.05) is 127 Å². The fraction of sp³-hybridized carbons (Fsp3) is 0.0851. The van der Waals surface area contributed by atoms with Crippen LogP contribution in [0, 0.1) is 31.5 Å². The van der Waals surface area contributed by atoms with E-state index >= 15 is 0 Å². The fourth-order valence-electron chi connectivity index (χ4n) is 7.83. The number of hydrogen-bond donors (Lipinski definition) is 0. The Hall–Kier alpha value is -5.44. The Balaban J connectivity index is 0.000000152. The first-order valence-electron chi connectivity index (χ1n) is 17.5. The third-order valence-electron chi connectivity index (χ3n) is 10.3. The third kappa shape index (κ3) is 5.54. The van der Waals surface area contributed by atoms with Gasteiger partial charge in [0.15, 0.2) is 6.71 Å². The van der Waals surface area contributed by atoms with Crippen molar-refractivity contribution in [3.05, 3.63) is 199 Å². The molecule has 10 rings (SSSR count). The molecule has 0 N–H and O–H groups in total. The molecule has 0 bridgehead atoms. The van der Waals surface area contributed by atoms with Crippen LogP contribution in [-0.4, -0.2) is 11.3 Å². The molecule has 250 valence electrons. The minimum atomic E-state index is -0.0809. The van der Waals surface area contributed by atoms with Crippen LogP contribution in [0.1, 0.15) is 30.5 Å². The van der Waals surface area contributed by atoms with E-state index in [2.05, 4.69) is 181 Å². The molecular weight excluding hydrogens is 812 g/mol. The molecule has 2 aliphatic rings. The third-order valence-corrected chi connectivity index (χ3v) is 10.3. The maximum Gasteiger partial charge on any atom is 4.00 e. The average molecular weight is 848 g/mol. The van der Waals surface area contributed by atoms with E-state index in [0.717, 1.165) is 33.8 Å². The molecule has 0 amide bonds. The Morgan fingerprint density at radius 2 is 1.27 bits per heavy atom. The Morgan fingerprint density at radius 1 is 0.596 bits per heavy atom. The van der Waals surface area contributed by atoms with E-state index in [1.165, 1.54) is 38.8 Å². The number of nitrogens with zero attached hydrogens (tertiary/aromatic N) is 3. The molecule has 0 aliphatic carbocycles. The molecule has 0 radical (unpaired) electrons. The summed E-state index contributed by atoms with van der Waals surface area (Å²) in [4.78, 5) is 2.39. The summed E-state index contributed by atoms with van der Waals surface area (Å²) in [7, 11) is 0. The largest absolute Gasteiger partial charge is 4.00 e. The topological polar surface area (TPSA) is 12.1 Å². The number of fused-ring (bicyclic) bond motifs is 5. The molecule has 1 aromatic heterocycles. The molecular formula is C47H35BN3Pt+. The second kappa shape index (κ2) is 13.6. The molecule has 0 fully saturated rings. The smallest absolute Gasteiger partial charge is 0.359 e. The number of anilines is 3. The van der Waals surface area contributed by atoms with E-state index < -0.39 is 0 Å². The van der Waals surface area contributed by atoms with Gasteiger partial charge in [0.05, 0.1) is 16.7 Å². The summed E-state index contributed by atoms with van der Waals surface area (Å²) in [5.74, 6) is 0. The predicted molar refractivity (Wildman–Crippen MR) is 209 cm³/mol. The number of rotatable bonds is 3. The summed E-state index contributed by atoms with van der Waals surface area (Å²) in [6, 6.07) is 65.6. The van der Waals surface area contributed by atoms with Crippen molar-refractivity contribution in [2.45, 2.75) is 26.2 Å². The molecule has 8 aromatic rings. The number of para-hydroxylation sites is 6. The quantitative estimate of drug-likeness (QED) is 0.0998. The van der Waals surface area contributed by atoms with Crippen LogP contribution in [0.2, 0.25) is 0 Å². The second-order valence-corrected chi connectivity index (χ2v) is 13.8. The zero-order valence-electron chi connectivity index (χ0n) is 29.2.